The molecule has 0 atom stereocenters. The Morgan fingerprint density at radius 3 is 1.19 bits per heavy atom. The fraction of sp³-hybridized carbons (Fsp3) is 0.583. The summed E-state index contributed by atoms with van der Waals surface area (Å²) in [4.78, 5) is 17.2. The van der Waals surface area contributed by atoms with Crippen molar-refractivity contribution in [2.24, 2.45) is 0 Å². The van der Waals surface area contributed by atoms with Crippen LogP contribution in [0.15, 0.2) is 73.3 Å². The summed E-state index contributed by atoms with van der Waals surface area (Å²) in [6.07, 6.45) is 7.69. The molecular formula is C48H84N4. The Bertz CT molecular complexity index is 1280. The quantitative estimate of drug-likeness (QED) is 0.182. The number of hydrogen-bond donors (Lipinski definition) is 0. The molecule has 0 aromatic carbocycles. The average Bonchev–Trinajstić information content (AvgIpc) is 3.08. The SMILES string of the molecule is CC.CC.CC.CC.Cc1ccc(C(C)(C)C)cn1.Cc1ccc(C(C)(C)C)nc1.Cc1cccc(C(C)(C)C)n1.Cc1cncc(C(C)(C)C)c1. The van der Waals surface area contributed by atoms with Gasteiger partial charge < -0.3 is 0 Å². The predicted octanol–water partition coefficient (Wildman–Crippen LogP) is 14.9. The zero-order chi connectivity index (χ0) is 41.9. The van der Waals surface area contributed by atoms with Crippen LogP contribution in [0.2, 0.25) is 0 Å². The van der Waals surface area contributed by atoms with E-state index in [4.69, 9.17) is 0 Å². The highest BCUT2D eigenvalue weighted by molar-refractivity contribution is 5.23. The van der Waals surface area contributed by atoms with E-state index in [9.17, 15) is 0 Å². The Morgan fingerprint density at radius 2 is 0.885 bits per heavy atom. The molecule has 4 heteroatoms. The number of nitrogens with zero attached hydrogens (tertiary/aromatic N) is 4. The van der Waals surface area contributed by atoms with Gasteiger partial charge in [-0.3, -0.25) is 19.9 Å². The van der Waals surface area contributed by atoms with Crippen LogP contribution < -0.4 is 0 Å². The fourth-order valence-electron chi connectivity index (χ4n) is 3.75. The lowest BCUT2D eigenvalue weighted by atomic mass is 9.88. The van der Waals surface area contributed by atoms with Crippen LogP contribution in [0.3, 0.4) is 0 Å². The number of pyridine rings is 4. The monoisotopic (exact) mass is 717 g/mol. The number of hydrogen-bond acceptors (Lipinski definition) is 4. The first-order valence-corrected chi connectivity index (χ1v) is 19.7. The van der Waals surface area contributed by atoms with E-state index < -0.39 is 0 Å². The molecule has 0 aliphatic heterocycles. The Balaban J connectivity index is -0.000000277. The third kappa shape index (κ3) is 26.4. The third-order valence-corrected chi connectivity index (χ3v) is 6.85. The molecule has 4 aromatic heterocycles. The number of aromatic nitrogens is 4. The molecule has 0 aliphatic carbocycles. The maximum absolute atomic E-state index is 4.44. The van der Waals surface area contributed by atoms with Gasteiger partial charge in [-0.15, -0.1) is 0 Å². The molecule has 4 aromatic rings. The smallest absolute Gasteiger partial charge is 0.0460 e. The van der Waals surface area contributed by atoms with Crippen molar-refractivity contribution >= 4 is 0 Å². The van der Waals surface area contributed by atoms with Crippen LogP contribution in [0.4, 0.5) is 0 Å². The summed E-state index contributed by atoms with van der Waals surface area (Å²) < 4.78 is 0. The Morgan fingerprint density at radius 1 is 0.385 bits per heavy atom. The highest BCUT2D eigenvalue weighted by Gasteiger charge is 2.16. The number of rotatable bonds is 0. The summed E-state index contributed by atoms with van der Waals surface area (Å²) in [5, 5.41) is 0. The van der Waals surface area contributed by atoms with Gasteiger partial charge in [0.15, 0.2) is 0 Å². The van der Waals surface area contributed by atoms with Crippen molar-refractivity contribution in [3.05, 3.63) is 118 Å². The van der Waals surface area contributed by atoms with Gasteiger partial charge in [-0.1, -0.05) is 163 Å². The standard InChI is InChI=1S/4C10H15N.4C2H6/c1-8-5-9(7-11-6-8)10(2,3)4;1-8-5-6-9(7-11-8)10(2,3)4;1-8-5-6-9(11-7-8)10(2,3)4;1-8-6-5-7-9(11-8)10(2,3)4;4*1-2/h4*5-7H,1-4H3;4*1-2H3. The van der Waals surface area contributed by atoms with Gasteiger partial charge in [0.1, 0.15) is 0 Å². The summed E-state index contributed by atoms with van der Waals surface area (Å²) in [6, 6.07) is 16.7. The number of aryl methyl sites for hydroxylation is 4. The van der Waals surface area contributed by atoms with E-state index in [0.717, 1.165) is 22.8 Å². The van der Waals surface area contributed by atoms with Gasteiger partial charge in [0.2, 0.25) is 0 Å². The van der Waals surface area contributed by atoms with Gasteiger partial charge >= 0.3 is 0 Å². The van der Waals surface area contributed by atoms with E-state index in [1.807, 2.05) is 100 Å². The van der Waals surface area contributed by atoms with Crippen molar-refractivity contribution in [2.75, 3.05) is 0 Å². The van der Waals surface area contributed by atoms with Crippen LogP contribution in [-0.4, -0.2) is 19.9 Å². The van der Waals surface area contributed by atoms with E-state index in [2.05, 4.69) is 159 Å². The summed E-state index contributed by atoms with van der Waals surface area (Å²) in [6.45, 7) is 50.4. The van der Waals surface area contributed by atoms with Crippen LogP contribution in [0, 0.1) is 27.7 Å². The third-order valence-electron chi connectivity index (χ3n) is 6.85. The first-order chi connectivity index (χ1) is 24.0. The topological polar surface area (TPSA) is 51.6 Å². The Kier molecular flexibility index (Phi) is 30.0. The van der Waals surface area contributed by atoms with Crippen LogP contribution >= 0.6 is 0 Å². The summed E-state index contributed by atoms with van der Waals surface area (Å²) in [5.74, 6) is 0. The Labute approximate surface area is 325 Å². The largest absolute Gasteiger partial charge is 0.264 e. The van der Waals surface area contributed by atoms with E-state index in [1.165, 1.54) is 22.3 Å². The van der Waals surface area contributed by atoms with Crippen LogP contribution in [0.1, 0.15) is 184 Å². The molecule has 0 aliphatic rings. The minimum Gasteiger partial charge on any atom is -0.264 e. The van der Waals surface area contributed by atoms with Gasteiger partial charge in [-0.05, 0) is 85.0 Å². The maximum atomic E-state index is 4.44. The van der Waals surface area contributed by atoms with E-state index in [1.54, 1.807) is 0 Å². The van der Waals surface area contributed by atoms with Crippen LogP contribution in [0.5, 0.6) is 0 Å². The minimum absolute atomic E-state index is 0.173. The molecule has 296 valence electrons. The van der Waals surface area contributed by atoms with Gasteiger partial charge in [-0.2, -0.15) is 0 Å². The second-order valence-corrected chi connectivity index (χ2v) is 15.8. The zero-order valence-corrected chi connectivity index (χ0v) is 38.7. The summed E-state index contributed by atoms with van der Waals surface area (Å²) >= 11 is 0. The molecule has 0 saturated heterocycles. The van der Waals surface area contributed by atoms with Gasteiger partial charge in [-0.25, -0.2) is 0 Å². The van der Waals surface area contributed by atoms with E-state index >= 15 is 0 Å². The molecular weight excluding hydrogens is 633 g/mol. The van der Waals surface area contributed by atoms with Gasteiger partial charge in [0.25, 0.3) is 0 Å². The first-order valence-electron chi connectivity index (χ1n) is 19.7. The first kappa shape index (κ1) is 55.4. The van der Waals surface area contributed by atoms with Crippen molar-refractivity contribution < 1.29 is 0 Å². The summed E-state index contributed by atoms with van der Waals surface area (Å²) in [5.41, 5.74) is 10.3. The van der Waals surface area contributed by atoms with Crippen molar-refractivity contribution in [1.82, 2.24) is 19.9 Å². The minimum atomic E-state index is 0.173. The van der Waals surface area contributed by atoms with Crippen LogP contribution in [-0.2, 0) is 21.7 Å². The van der Waals surface area contributed by atoms with E-state index in [0.29, 0.717) is 0 Å². The lowest BCUT2D eigenvalue weighted by molar-refractivity contribution is 0.567. The van der Waals surface area contributed by atoms with E-state index in [-0.39, 0.29) is 21.7 Å². The molecule has 0 spiro atoms. The lowest BCUT2D eigenvalue weighted by Gasteiger charge is -2.18. The normalized spacial score (nSPS) is 10.3. The predicted molar refractivity (Wildman–Crippen MR) is 236 cm³/mol. The average molecular weight is 717 g/mol. The van der Waals surface area contributed by atoms with Crippen LogP contribution in [0.25, 0.3) is 0 Å². The second-order valence-electron chi connectivity index (χ2n) is 15.8. The second kappa shape index (κ2) is 28.1. The highest BCUT2D eigenvalue weighted by atomic mass is 14.7. The highest BCUT2D eigenvalue weighted by Crippen LogP contribution is 2.22. The molecule has 4 nitrogen and oxygen atoms in total. The van der Waals surface area contributed by atoms with Crippen molar-refractivity contribution in [3.8, 4) is 0 Å². The van der Waals surface area contributed by atoms with Gasteiger partial charge in [0.05, 0.1) is 0 Å². The Hall–Kier alpha value is -3.40. The molecule has 4 heterocycles. The maximum Gasteiger partial charge on any atom is 0.0460 e. The van der Waals surface area contributed by atoms with Gasteiger partial charge in [0, 0.05) is 58.4 Å². The summed E-state index contributed by atoms with van der Waals surface area (Å²) in [7, 11) is 0. The van der Waals surface area contributed by atoms with Crippen molar-refractivity contribution in [2.45, 2.75) is 188 Å². The molecule has 0 radical (unpaired) electrons. The molecule has 0 N–H and O–H groups in total. The molecule has 0 bridgehead atoms. The molecule has 0 amide bonds. The molecule has 0 fully saturated rings. The van der Waals surface area contributed by atoms with Crippen molar-refractivity contribution in [3.63, 3.8) is 0 Å². The molecule has 0 saturated carbocycles. The van der Waals surface area contributed by atoms with Crippen molar-refractivity contribution in [1.29, 1.82) is 0 Å². The molecule has 52 heavy (non-hydrogen) atoms. The zero-order valence-electron chi connectivity index (χ0n) is 38.7. The molecule has 4 rings (SSSR count). The molecule has 0 unspecified atom stereocenters. The fourth-order valence-corrected chi connectivity index (χ4v) is 3.75. The lowest BCUT2D eigenvalue weighted by Crippen LogP contribution is -2.13.